The third-order valence-electron chi connectivity index (χ3n) is 6.96. The number of nitrogens with zero attached hydrogens (tertiary/aromatic N) is 6. The van der Waals surface area contributed by atoms with E-state index < -0.39 is 0 Å². The highest BCUT2D eigenvalue weighted by molar-refractivity contribution is 7.17. The van der Waals surface area contributed by atoms with Gasteiger partial charge in [0.2, 0.25) is 5.91 Å². The molecule has 4 saturated carbocycles. The van der Waals surface area contributed by atoms with Crippen molar-refractivity contribution in [3.8, 4) is 0 Å². The van der Waals surface area contributed by atoms with Gasteiger partial charge in [-0.3, -0.25) is 14.2 Å². The number of hydrogen-bond donors (Lipinski definition) is 1. The minimum atomic E-state index is -0.251. The summed E-state index contributed by atoms with van der Waals surface area (Å²) < 4.78 is 2.00. The molecule has 150 valence electrons. The Hall–Kier alpha value is -2.62. The monoisotopic (exact) mass is 411 g/mol. The van der Waals surface area contributed by atoms with E-state index in [1.54, 1.807) is 4.80 Å². The van der Waals surface area contributed by atoms with Gasteiger partial charge in [0.25, 0.3) is 5.56 Å². The summed E-state index contributed by atoms with van der Waals surface area (Å²) in [5.74, 6) is 0.997. The Bertz CT molecular complexity index is 1140. The lowest BCUT2D eigenvalue weighted by atomic mass is 9.50. The predicted octanol–water partition coefficient (Wildman–Crippen LogP) is 1.31. The minimum absolute atomic E-state index is 0.00860. The van der Waals surface area contributed by atoms with Crippen molar-refractivity contribution in [2.24, 2.45) is 11.8 Å². The van der Waals surface area contributed by atoms with Gasteiger partial charge in [0.15, 0.2) is 6.33 Å². The maximum absolute atomic E-state index is 13.0. The van der Waals surface area contributed by atoms with Crippen molar-refractivity contribution >= 4 is 27.5 Å². The summed E-state index contributed by atoms with van der Waals surface area (Å²) in [4.78, 5) is 31.7. The number of hydrogen-bond acceptors (Lipinski definition) is 7. The number of amides is 1. The van der Waals surface area contributed by atoms with Crippen LogP contribution in [-0.4, -0.2) is 41.2 Å². The second-order valence-electron chi connectivity index (χ2n) is 9.05. The average Bonchev–Trinajstić information content (AvgIpc) is 3.34. The van der Waals surface area contributed by atoms with Crippen molar-refractivity contribution in [1.82, 2.24) is 35.1 Å². The Labute approximate surface area is 170 Å². The molecular weight excluding hydrogens is 390 g/mol. The Morgan fingerprint density at radius 1 is 1.28 bits per heavy atom. The van der Waals surface area contributed by atoms with Crippen molar-refractivity contribution in [1.29, 1.82) is 0 Å². The van der Waals surface area contributed by atoms with Crippen LogP contribution in [0.1, 0.15) is 38.5 Å². The van der Waals surface area contributed by atoms with Gasteiger partial charge in [-0.05, 0) is 67.0 Å². The van der Waals surface area contributed by atoms with Crippen LogP contribution in [0.3, 0.4) is 0 Å². The van der Waals surface area contributed by atoms with E-state index in [1.807, 2.05) is 11.4 Å². The van der Waals surface area contributed by atoms with E-state index in [9.17, 15) is 9.59 Å². The molecule has 4 aliphatic rings. The zero-order valence-electron chi connectivity index (χ0n) is 15.8. The Kier molecular flexibility index (Phi) is 3.54. The topological polar surface area (TPSA) is 108 Å². The molecule has 3 heterocycles. The molecule has 10 heteroatoms. The number of rotatable bonds is 4. The van der Waals surface area contributed by atoms with Gasteiger partial charge in [0, 0.05) is 5.54 Å². The molecule has 0 aromatic carbocycles. The van der Waals surface area contributed by atoms with Crippen molar-refractivity contribution in [3.05, 3.63) is 34.5 Å². The fraction of sp³-hybridized carbons (Fsp3) is 0.579. The van der Waals surface area contributed by atoms with Crippen LogP contribution in [0.15, 0.2) is 28.9 Å². The van der Waals surface area contributed by atoms with Gasteiger partial charge in [-0.2, -0.15) is 4.80 Å². The first-order chi connectivity index (χ1) is 14.0. The summed E-state index contributed by atoms with van der Waals surface area (Å²) in [5, 5.41) is 17.6. The Morgan fingerprint density at radius 3 is 2.86 bits per heavy atom. The summed E-state index contributed by atoms with van der Waals surface area (Å²) in [7, 11) is 0. The number of nitrogens with one attached hydrogen (secondary N) is 1. The lowest BCUT2D eigenvalue weighted by Gasteiger charge is -2.61. The molecule has 0 saturated heterocycles. The first kappa shape index (κ1) is 17.3. The highest BCUT2D eigenvalue weighted by Gasteiger charge is 2.60. The lowest BCUT2D eigenvalue weighted by molar-refractivity contribution is -0.132. The van der Waals surface area contributed by atoms with Crippen LogP contribution in [-0.2, 0) is 16.9 Å². The van der Waals surface area contributed by atoms with Gasteiger partial charge in [0.05, 0.1) is 17.4 Å². The van der Waals surface area contributed by atoms with Crippen LogP contribution in [0.4, 0.5) is 0 Å². The summed E-state index contributed by atoms with van der Waals surface area (Å²) in [5.41, 5.74) is 0.120. The van der Waals surface area contributed by atoms with Gasteiger partial charge >= 0.3 is 0 Å². The zero-order valence-corrected chi connectivity index (χ0v) is 16.6. The molecular formula is C19H21N7O2S. The fourth-order valence-corrected chi connectivity index (χ4v) is 7.25. The summed E-state index contributed by atoms with van der Waals surface area (Å²) in [6, 6.07) is 1.82. The number of aromatic nitrogens is 6. The number of carbonyl (C=O) groups excluding carboxylic acids is 1. The third-order valence-corrected chi connectivity index (χ3v) is 7.85. The van der Waals surface area contributed by atoms with Crippen molar-refractivity contribution < 1.29 is 4.79 Å². The standard InChI is InChI=1S/C19H21N7O2S/c27-15(8-25-11-20-14-1-2-29-16(14)17(25)28)23-18-4-12-3-13(5-18)7-19(6-12,9-18)26-22-10-21-24-26/h1-2,10-13H,3-9H2,(H,23,27)/t12-,13+,18?,19?. The maximum atomic E-state index is 13.0. The minimum Gasteiger partial charge on any atom is -0.349 e. The SMILES string of the molecule is O=C(Cn1cnc2ccsc2c1=O)NC12C[C@H]3C[C@@H](C1)CC(n1ncnn1)(C3)C2. The van der Waals surface area contributed by atoms with Crippen LogP contribution in [0, 0.1) is 11.8 Å². The molecule has 3 aromatic heterocycles. The average molecular weight is 411 g/mol. The van der Waals surface area contributed by atoms with Gasteiger partial charge < -0.3 is 5.32 Å². The van der Waals surface area contributed by atoms with Crippen molar-refractivity contribution in [2.75, 3.05) is 0 Å². The number of thiophene rings is 1. The van der Waals surface area contributed by atoms with E-state index in [-0.39, 0.29) is 29.1 Å². The van der Waals surface area contributed by atoms with Crippen LogP contribution in [0.25, 0.3) is 10.2 Å². The third kappa shape index (κ3) is 2.65. The first-order valence-corrected chi connectivity index (χ1v) is 10.9. The normalized spacial score (nSPS) is 32.7. The number of fused-ring (bicyclic) bond motifs is 1. The van der Waals surface area contributed by atoms with E-state index in [1.165, 1.54) is 35.0 Å². The molecule has 0 spiro atoms. The van der Waals surface area contributed by atoms with Crippen molar-refractivity contribution in [2.45, 2.75) is 56.1 Å². The molecule has 4 bridgehead atoms. The molecule has 1 amide bonds. The van der Waals surface area contributed by atoms with Crippen LogP contribution in [0.2, 0.25) is 0 Å². The highest BCUT2D eigenvalue weighted by Crippen LogP contribution is 2.60. The summed E-state index contributed by atoms with van der Waals surface area (Å²) in [6.07, 6.45) is 9.08. The molecule has 4 aliphatic carbocycles. The molecule has 4 atom stereocenters. The van der Waals surface area contributed by atoms with Gasteiger partial charge in [-0.1, -0.05) is 0 Å². The molecule has 3 aromatic rings. The largest absolute Gasteiger partial charge is 0.349 e. The van der Waals surface area contributed by atoms with Crippen LogP contribution in [0.5, 0.6) is 0 Å². The van der Waals surface area contributed by atoms with E-state index in [0.717, 1.165) is 32.1 Å². The molecule has 1 N–H and O–H groups in total. The summed E-state index contributed by atoms with van der Waals surface area (Å²) in [6.45, 7) is -0.00860. The van der Waals surface area contributed by atoms with E-state index in [4.69, 9.17) is 0 Å². The fourth-order valence-electron chi connectivity index (χ4n) is 6.46. The lowest BCUT2D eigenvalue weighted by Crippen LogP contribution is -2.66. The molecule has 0 aliphatic heterocycles. The van der Waals surface area contributed by atoms with E-state index >= 15 is 0 Å². The second-order valence-corrected chi connectivity index (χ2v) is 9.97. The number of tetrazole rings is 1. The van der Waals surface area contributed by atoms with E-state index in [0.29, 0.717) is 22.1 Å². The van der Waals surface area contributed by atoms with Gasteiger partial charge in [0.1, 0.15) is 11.2 Å². The smallest absolute Gasteiger partial charge is 0.271 e. The highest BCUT2D eigenvalue weighted by atomic mass is 32.1. The maximum Gasteiger partial charge on any atom is 0.271 e. The molecule has 7 rings (SSSR count). The molecule has 29 heavy (non-hydrogen) atoms. The quantitative estimate of drug-likeness (QED) is 0.694. The van der Waals surface area contributed by atoms with Gasteiger partial charge in [-0.25, -0.2) is 4.98 Å². The van der Waals surface area contributed by atoms with Crippen LogP contribution >= 0.6 is 11.3 Å². The Morgan fingerprint density at radius 2 is 2.10 bits per heavy atom. The van der Waals surface area contributed by atoms with Crippen molar-refractivity contribution in [3.63, 3.8) is 0 Å². The first-order valence-electron chi connectivity index (χ1n) is 10.0. The van der Waals surface area contributed by atoms with Crippen LogP contribution < -0.4 is 10.9 Å². The zero-order chi connectivity index (χ0) is 19.6. The molecule has 0 radical (unpaired) electrons. The second kappa shape index (κ2) is 5.94. The Balaban J connectivity index is 1.26. The molecule has 2 unspecified atom stereocenters. The number of carbonyl (C=O) groups is 1. The summed E-state index contributed by atoms with van der Waals surface area (Å²) >= 11 is 1.36. The molecule has 4 fully saturated rings. The predicted molar refractivity (Wildman–Crippen MR) is 105 cm³/mol. The van der Waals surface area contributed by atoms with E-state index in [2.05, 4.69) is 25.7 Å². The van der Waals surface area contributed by atoms with Gasteiger partial charge in [-0.15, -0.1) is 21.5 Å². The molecule has 9 nitrogen and oxygen atoms in total.